The Hall–Kier alpha value is -1.69. The molecule has 6 heteroatoms. The molecule has 0 amide bonds. The Morgan fingerprint density at radius 3 is 2.62 bits per heavy atom. The quantitative estimate of drug-likeness (QED) is 0.607. The maximum absolute atomic E-state index is 12.8. The van der Waals surface area contributed by atoms with Crippen molar-refractivity contribution in [3.05, 3.63) is 34.1 Å². The van der Waals surface area contributed by atoms with Crippen LogP contribution < -0.4 is 11.1 Å². The fourth-order valence-corrected chi connectivity index (χ4v) is 1.15. The predicted molar refractivity (Wildman–Crippen MR) is 59.8 cm³/mol. The lowest BCUT2D eigenvalue weighted by molar-refractivity contribution is -0.384. The number of benzene rings is 1. The molecule has 1 rings (SSSR count). The molecule has 3 N–H and O–H groups in total. The van der Waals surface area contributed by atoms with Crippen molar-refractivity contribution in [3.8, 4) is 0 Å². The molecule has 2 atom stereocenters. The van der Waals surface area contributed by atoms with E-state index in [0.29, 0.717) is 0 Å². The molecule has 0 aliphatic rings. The van der Waals surface area contributed by atoms with Crippen molar-refractivity contribution in [2.75, 3.05) is 5.32 Å². The standard InChI is InChI=1S/C10H14FN3O2/c1-6(12)7(2)13-9-4-3-8(11)5-10(9)14(15)16/h3-7,13H,12H2,1-2H3. The maximum atomic E-state index is 12.8. The van der Waals surface area contributed by atoms with Gasteiger partial charge in [0.25, 0.3) is 5.69 Å². The summed E-state index contributed by atoms with van der Waals surface area (Å²) in [6, 6.07) is 3.10. The first-order valence-corrected chi connectivity index (χ1v) is 4.88. The van der Waals surface area contributed by atoms with Gasteiger partial charge in [0.15, 0.2) is 0 Å². The number of hydrogen-bond donors (Lipinski definition) is 2. The molecule has 0 aromatic heterocycles. The summed E-state index contributed by atoms with van der Waals surface area (Å²) in [6.07, 6.45) is 0. The summed E-state index contributed by atoms with van der Waals surface area (Å²) in [4.78, 5) is 10.1. The monoisotopic (exact) mass is 227 g/mol. The Morgan fingerprint density at radius 1 is 1.50 bits per heavy atom. The molecular formula is C10H14FN3O2. The Labute approximate surface area is 92.6 Å². The second-order valence-electron chi connectivity index (χ2n) is 3.71. The lowest BCUT2D eigenvalue weighted by Crippen LogP contribution is -2.35. The Kier molecular flexibility index (Phi) is 3.78. The molecule has 2 unspecified atom stereocenters. The molecule has 1 aromatic carbocycles. The van der Waals surface area contributed by atoms with Crippen LogP contribution in [0.4, 0.5) is 15.8 Å². The fourth-order valence-electron chi connectivity index (χ4n) is 1.15. The van der Waals surface area contributed by atoms with Gasteiger partial charge in [0.2, 0.25) is 0 Å². The van der Waals surface area contributed by atoms with Gasteiger partial charge in [0.1, 0.15) is 11.5 Å². The van der Waals surface area contributed by atoms with Crippen LogP contribution in [0.5, 0.6) is 0 Å². The number of anilines is 1. The molecule has 1 aromatic rings. The molecule has 0 bridgehead atoms. The topological polar surface area (TPSA) is 81.2 Å². The molecule has 0 aliphatic carbocycles. The van der Waals surface area contributed by atoms with E-state index in [1.807, 2.05) is 0 Å². The number of rotatable bonds is 4. The smallest absolute Gasteiger partial charge is 0.295 e. The van der Waals surface area contributed by atoms with Crippen molar-refractivity contribution in [1.82, 2.24) is 0 Å². The second kappa shape index (κ2) is 4.89. The van der Waals surface area contributed by atoms with E-state index in [1.165, 1.54) is 12.1 Å². The van der Waals surface area contributed by atoms with Crippen LogP contribution in [0.3, 0.4) is 0 Å². The summed E-state index contributed by atoms with van der Waals surface area (Å²) in [5.74, 6) is -0.634. The number of nitrogens with one attached hydrogen (secondary N) is 1. The predicted octanol–water partition coefficient (Wildman–Crippen LogP) is 1.88. The number of hydrogen-bond acceptors (Lipinski definition) is 4. The summed E-state index contributed by atoms with van der Waals surface area (Å²) in [7, 11) is 0. The van der Waals surface area contributed by atoms with Crippen molar-refractivity contribution in [2.24, 2.45) is 5.73 Å². The summed E-state index contributed by atoms with van der Waals surface area (Å²) in [5, 5.41) is 13.6. The van der Waals surface area contributed by atoms with Crippen molar-refractivity contribution in [3.63, 3.8) is 0 Å². The van der Waals surface area contributed by atoms with Gasteiger partial charge in [-0.2, -0.15) is 0 Å². The first-order chi connectivity index (χ1) is 7.41. The molecule has 0 radical (unpaired) electrons. The number of halogens is 1. The van der Waals surface area contributed by atoms with E-state index >= 15 is 0 Å². The highest BCUT2D eigenvalue weighted by Crippen LogP contribution is 2.25. The zero-order valence-electron chi connectivity index (χ0n) is 9.11. The van der Waals surface area contributed by atoms with Crippen LogP contribution in [-0.2, 0) is 0 Å². The lowest BCUT2D eigenvalue weighted by atomic mass is 10.1. The van der Waals surface area contributed by atoms with Gasteiger partial charge in [0.05, 0.1) is 11.0 Å². The minimum Gasteiger partial charge on any atom is -0.375 e. The molecule has 0 heterocycles. The van der Waals surface area contributed by atoms with Crippen molar-refractivity contribution in [1.29, 1.82) is 0 Å². The van der Waals surface area contributed by atoms with E-state index in [-0.39, 0.29) is 23.5 Å². The van der Waals surface area contributed by atoms with E-state index in [2.05, 4.69) is 5.32 Å². The molecule has 0 saturated carbocycles. The van der Waals surface area contributed by atoms with Crippen LogP contribution in [-0.4, -0.2) is 17.0 Å². The van der Waals surface area contributed by atoms with Gasteiger partial charge >= 0.3 is 0 Å². The minimum atomic E-state index is -0.634. The van der Waals surface area contributed by atoms with Crippen LogP contribution in [0.15, 0.2) is 18.2 Å². The first kappa shape index (κ1) is 12.4. The zero-order valence-corrected chi connectivity index (χ0v) is 9.11. The average Bonchev–Trinajstić information content (AvgIpc) is 2.20. The summed E-state index contributed by atoms with van der Waals surface area (Å²) >= 11 is 0. The third-order valence-corrected chi connectivity index (χ3v) is 2.33. The van der Waals surface area contributed by atoms with Crippen LogP contribution in [0.1, 0.15) is 13.8 Å². The van der Waals surface area contributed by atoms with E-state index in [9.17, 15) is 14.5 Å². The van der Waals surface area contributed by atoms with Crippen LogP contribution in [0.2, 0.25) is 0 Å². The van der Waals surface area contributed by atoms with Crippen molar-refractivity contribution >= 4 is 11.4 Å². The molecule has 0 aliphatic heterocycles. The highest BCUT2D eigenvalue weighted by Gasteiger charge is 2.17. The molecule has 16 heavy (non-hydrogen) atoms. The molecular weight excluding hydrogens is 213 g/mol. The highest BCUT2D eigenvalue weighted by atomic mass is 19.1. The third kappa shape index (κ3) is 2.90. The summed E-state index contributed by atoms with van der Waals surface area (Å²) < 4.78 is 12.8. The maximum Gasteiger partial charge on any atom is 0.295 e. The molecule has 0 saturated heterocycles. The van der Waals surface area contributed by atoms with E-state index in [0.717, 1.165) is 6.07 Å². The van der Waals surface area contributed by atoms with Gasteiger partial charge in [-0.15, -0.1) is 0 Å². The van der Waals surface area contributed by atoms with Gasteiger partial charge in [-0.1, -0.05) is 0 Å². The SMILES string of the molecule is CC(N)C(C)Nc1ccc(F)cc1[N+](=O)[O-]. The number of nitrogens with two attached hydrogens (primary N) is 1. The first-order valence-electron chi connectivity index (χ1n) is 4.88. The Balaban J connectivity index is 2.99. The zero-order chi connectivity index (χ0) is 12.3. The average molecular weight is 227 g/mol. The summed E-state index contributed by atoms with van der Waals surface area (Å²) in [5.41, 5.74) is 5.62. The van der Waals surface area contributed by atoms with Gasteiger partial charge < -0.3 is 11.1 Å². The van der Waals surface area contributed by atoms with Gasteiger partial charge in [0, 0.05) is 12.1 Å². The number of nitro groups is 1. The van der Waals surface area contributed by atoms with Gasteiger partial charge in [-0.25, -0.2) is 4.39 Å². The van der Waals surface area contributed by atoms with Gasteiger partial charge in [-0.05, 0) is 26.0 Å². The second-order valence-corrected chi connectivity index (χ2v) is 3.71. The van der Waals surface area contributed by atoms with E-state index in [1.54, 1.807) is 13.8 Å². The van der Waals surface area contributed by atoms with Crippen LogP contribution in [0, 0.1) is 15.9 Å². The molecule has 5 nitrogen and oxygen atoms in total. The highest BCUT2D eigenvalue weighted by molar-refractivity contribution is 5.61. The fraction of sp³-hybridized carbons (Fsp3) is 0.400. The normalized spacial score (nSPS) is 14.2. The van der Waals surface area contributed by atoms with Crippen LogP contribution in [0.25, 0.3) is 0 Å². The Morgan fingerprint density at radius 2 is 2.12 bits per heavy atom. The number of nitrogens with zero attached hydrogens (tertiary/aromatic N) is 1. The van der Waals surface area contributed by atoms with E-state index in [4.69, 9.17) is 5.73 Å². The van der Waals surface area contributed by atoms with E-state index < -0.39 is 10.7 Å². The minimum absolute atomic E-state index is 0.135. The largest absolute Gasteiger partial charge is 0.375 e. The van der Waals surface area contributed by atoms with Crippen molar-refractivity contribution < 1.29 is 9.31 Å². The van der Waals surface area contributed by atoms with Gasteiger partial charge in [-0.3, -0.25) is 10.1 Å². The number of nitro benzene ring substituents is 1. The molecule has 0 fully saturated rings. The lowest BCUT2D eigenvalue weighted by Gasteiger charge is -2.18. The van der Waals surface area contributed by atoms with Crippen LogP contribution >= 0.6 is 0 Å². The molecule has 0 spiro atoms. The van der Waals surface area contributed by atoms with Crippen molar-refractivity contribution in [2.45, 2.75) is 25.9 Å². The summed E-state index contributed by atoms with van der Waals surface area (Å²) in [6.45, 7) is 3.59. The third-order valence-electron chi connectivity index (χ3n) is 2.33. The Bertz CT molecular complexity index is 396. The molecule has 88 valence electrons.